The van der Waals surface area contributed by atoms with E-state index in [1.54, 1.807) is 37.4 Å². The third-order valence-corrected chi connectivity index (χ3v) is 4.70. The lowest BCUT2D eigenvalue weighted by atomic mass is 10.1. The lowest BCUT2D eigenvalue weighted by Crippen LogP contribution is -2.30. The maximum Gasteiger partial charge on any atom is 0.319 e. The van der Waals surface area contributed by atoms with Crippen molar-refractivity contribution in [2.75, 3.05) is 24.3 Å². The normalized spacial score (nSPS) is 11.8. The number of methoxy groups -OCH3 is 1. The highest BCUT2D eigenvalue weighted by atomic mass is 16.5. The molecule has 4 rings (SSSR count). The van der Waals surface area contributed by atoms with Crippen LogP contribution in [0.25, 0.3) is 0 Å². The number of carbonyl (C=O) groups is 2. The first kappa shape index (κ1) is 19.3. The second-order valence-electron chi connectivity index (χ2n) is 6.74. The minimum atomic E-state index is -0.346. The highest BCUT2D eigenvalue weighted by Gasteiger charge is 2.21. The van der Waals surface area contributed by atoms with Gasteiger partial charge >= 0.3 is 6.03 Å². The van der Waals surface area contributed by atoms with E-state index < -0.39 is 0 Å². The van der Waals surface area contributed by atoms with Crippen molar-refractivity contribution >= 4 is 23.3 Å². The van der Waals surface area contributed by atoms with Gasteiger partial charge in [-0.15, -0.1) is 0 Å². The lowest BCUT2D eigenvalue weighted by Gasteiger charge is -2.11. The molecule has 7 nitrogen and oxygen atoms in total. The average Bonchev–Trinajstić information content (AvgIpc) is 2.90. The van der Waals surface area contributed by atoms with Crippen molar-refractivity contribution in [1.82, 2.24) is 5.32 Å². The predicted molar refractivity (Wildman–Crippen MR) is 115 cm³/mol. The number of benzene rings is 3. The van der Waals surface area contributed by atoms with Crippen LogP contribution in [0.2, 0.25) is 0 Å². The molecule has 152 valence electrons. The molecule has 0 bridgehead atoms. The number of carbonyl (C=O) groups excluding carboxylic acids is 2. The molecule has 0 unspecified atom stereocenters. The first-order chi connectivity index (χ1) is 14.6. The number of anilines is 2. The fourth-order valence-corrected chi connectivity index (χ4v) is 3.13. The highest BCUT2D eigenvalue weighted by Crippen LogP contribution is 2.36. The second-order valence-corrected chi connectivity index (χ2v) is 6.74. The zero-order chi connectivity index (χ0) is 20.9. The largest absolute Gasteiger partial charge is 0.497 e. The van der Waals surface area contributed by atoms with Crippen LogP contribution in [-0.4, -0.2) is 25.6 Å². The highest BCUT2D eigenvalue weighted by molar-refractivity contribution is 6.08. The lowest BCUT2D eigenvalue weighted by molar-refractivity contribution is 0.102. The fraction of sp³-hybridized carbons (Fsp3) is 0.130. The molecule has 3 aromatic rings. The Balaban J connectivity index is 1.36. The van der Waals surface area contributed by atoms with Crippen LogP contribution in [-0.2, 0) is 6.42 Å². The maximum atomic E-state index is 12.6. The molecule has 0 radical (unpaired) electrons. The molecule has 1 aliphatic heterocycles. The van der Waals surface area contributed by atoms with Crippen molar-refractivity contribution in [3.05, 3.63) is 77.9 Å². The minimum Gasteiger partial charge on any atom is -0.497 e. The van der Waals surface area contributed by atoms with E-state index in [0.717, 1.165) is 11.3 Å². The summed E-state index contributed by atoms with van der Waals surface area (Å²) < 4.78 is 11.0. The zero-order valence-corrected chi connectivity index (χ0v) is 16.4. The number of para-hydroxylation sites is 2. The van der Waals surface area contributed by atoms with Gasteiger partial charge in [-0.05, 0) is 54.4 Å². The molecule has 1 aliphatic rings. The van der Waals surface area contributed by atoms with Gasteiger partial charge in [0.15, 0.2) is 5.75 Å². The Hall–Kier alpha value is -4.00. The summed E-state index contributed by atoms with van der Waals surface area (Å²) in [6.07, 6.45) is 0.691. The zero-order valence-electron chi connectivity index (χ0n) is 16.4. The quantitative estimate of drug-likeness (QED) is 0.588. The Bertz CT molecular complexity index is 1080. The van der Waals surface area contributed by atoms with E-state index in [0.29, 0.717) is 41.4 Å². The van der Waals surface area contributed by atoms with Crippen LogP contribution in [0.3, 0.4) is 0 Å². The Morgan fingerprint density at radius 1 is 1.03 bits per heavy atom. The molecular formula is C23H21N3O4. The van der Waals surface area contributed by atoms with Gasteiger partial charge in [-0.25, -0.2) is 4.79 Å². The summed E-state index contributed by atoms with van der Waals surface area (Å²) >= 11 is 0. The van der Waals surface area contributed by atoms with Gasteiger partial charge in [0.25, 0.3) is 5.91 Å². The van der Waals surface area contributed by atoms with Gasteiger partial charge in [0.2, 0.25) is 0 Å². The molecule has 3 N–H and O–H groups in total. The Kier molecular flexibility index (Phi) is 5.52. The summed E-state index contributed by atoms with van der Waals surface area (Å²) in [5.74, 6) is 1.51. The SMILES string of the molecule is COc1ccc(CCNC(=O)Nc2ccc3c(c2)C(=O)Nc2ccccc2O3)cc1. The van der Waals surface area contributed by atoms with Gasteiger partial charge in [0.05, 0.1) is 18.4 Å². The van der Waals surface area contributed by atoms with Crippen LogP contribution >= 0.6 is 0 Å². The Morgan fingerprint density at radius 2 is 1.83 bits per heavy atom. The van der Waals surface area contributed by atoms with Crippen molar-refractivity contribution in [1.29, 1.82) is 0 Å². The van der Waals surface area contributed by atoms with Crippen LogP contribution in [0.5, 0.6) is 17.2 Å². The number of hydrogen-bond acceptors (Lipinski definition) is 4. The smallest absolute Gasteiger partial charge is 0.319 e. The predicted octanol–water partition coefficient (Wildman–Crippen LogP) is 4.42. The van der Waals surface area contributed by atoms with E-state index in [-0.39, 0.29) is 11.9 Å². The summed E-state index contributed by atoms with van der Waals surface area (Å²) in [6, 6.07) is 19.5. The van der Waals surface area contributed by atoms with Gasteiger partial charge in [0.1, 0.15) is 11.5 Å². The van der Waals surface area contributed by atoms with Crippen LogP contribution in [0, 0.1) is 0 Å². The standard InChI is InChI=1S/C23H21N3O4/c1-29-17-9-6-15(7-10-17)12-13-24-23(28)25-16-8-11-20-18(14-16)22(27)26-19-4-2-3-5-21(19)30-20/h2-11,14H,12-13H2,1H3,(H,26,27)(H2,24,25,28). The van der Waals surface area contributed by atoms with Gasteiger partial charge in [0, 0.05) is 12.2 Å². The van der Waals surface area contributed by atoms with E-state index in [9.17, 15) is 9.59 Å². The number of rotatable bonds is 5. The van der Waals surface area contributed by atoms with Crippen LogP contribution in [0.15, 0.2) is 66.7 Å². The minimum absolute atomic E-state index is 0.293. The average molecular weight is 403 g/mol. The molecule has 0 atom stereocenters. The summed E-state index contributed by atoms with van der Waals surface area (Å²) in [4.78, 5) is 24.8. The van der Waals surface area contributed by atoms with Crippen LogP contribution in [0.1, 0.15) is 15.9 Å². The maximum absolute atomic E-state index is 12.6. The number of nitrogens with one attached hydrogen (secondary N) is 3. The van der Waals surface area contributed by atoms with Crippen molar-refractivity contribution < 1.29 is 19.1 Å². The molecule has 0 spiro atoms. The second kappa shape index (κ2) is 8.57. The molecule has 30 heavy (non-hydrogen) atoms. The van der Waals surface area contributed by atoms with Crippen molar-refractivity contribution in [2.24, 2.45) is 0 Å². The molecule has 0 aromatic heterocycles. The van der Waals surface area contributed by atoms with Gasteiger partial charge in [-0.2, -0.15) is 0 Å². The first-order valence-electron chi connectivity index (χ1n) is 9.52. The molecule has 7 heteroatoms. The van der Waals surface area contributed by atoms with E-state index in [1.807, 2.05) is 36.4 Å². The van der Waals surface area contributed by atoms with E-state index in [2.05, 4.69) is 16.0 Å². The Morgan fingerprint density at radius 3 is 2.63 bits per heavy atom. The third kappa shape index (κ3) is 4.35. The number of fused-ring (bicyclic) bond motifs is 2. The van der Waals surface area contributed by atoms with Gasteiger partial charge in [-0.3, -0.25) is 4.79 Å². The van der Waals surface area contributed by atoms with Crippen molar-refractivity contribution in [2.45, 2.75) is 6.42 Å². The van der Waals surface area contributed by atoms with E-state index >= 15 is 0 Å². The molecular weight excluding hydrogens is 382 g/mol. The number of ether oxygens (including phenoxy) is 2. The Labute approximate surface area is 174 Å². The molecule has 0 aliphatic carbocycles. The monoisotopic (exact) mass is 403 g/mol. The third-order valence-electron chi connectivity index (χ3n) is 4.70. The summed E-state index contributed by atoms with van der Waals surface area (Å²) in [5.41, 5.74) is 2.54. The first-order valence-corrected chi connectivity index (χ1v) is 9.52. The van der Waals surface area contributed by atoms with Gasteiger partial charge in [-0.1, -0.05) is 24.3 Å². The number of amides is 3. The molecule has 0 saturated carbocycles. The molecule has 3 amide bonds. The van der Waals surface area contributed by atoms with E-state index in [1.165, 1.54) is 0 Å². The van der Waals surface area contributed by atoms with Crippen molar-refractivity contribution in [3.63, 3.8) is 0 Å². The van der Waals surface area contributed by atoms with E-state index in [4.69, 9.17) is 9.47 Å². The number of hydrogen-bond donors (Lipinski definition) is 3. The molecule has 1 heterocycles. The molecule has 0 saturated heterocycles. The summed E-state index contributed by atoms with van der Waals surface area (Å²) in [5, 5.41) is 8.38. The topological polar surface area (TPSA) is 88.7 Å². The number of urea groups is 1. The molecule has 3 aromatic carbocycles. The van der Waals surface area contributed by atoms with Crippen LogP contribution in [0.4, 0.5) is 16.2 Å². The fourth-order valence-electron chi connectivity index (χ4n) is 3.13. The summed E-state index contributed by atoms with van der Waals surface area (Å²) in [7, 11) is 1.62. The van der Waals surface area contributed by atoms with Gasteiger partial charge < -0.3 is 25.4 Å². The molecule has 0 fully saturated rings. The summed E-state index contributed by atoms with van der Waals surface area (Å²) in [6.45, 7) is 0.474. The van der Waals surface area contributed by atoms with Crippen LogP contribution < -0.4 is 25.4 Å². The van der Waals surface area contributed by atoms with Crippen molar-refractivity contribution in [3.8, 4) is 17.2 Å².